The van der Waals surface area contributed by atoms with Crippen molar-refractivity contribution in [2.75, 3.05) is 0 Å². The fourth-order valence-electron chi connectivity index (χ4n) is 0.760. The van der Waals surface area contributed by atoms with E-state index in [4.69, 9.17) is 0 Å². The maximum Gasteiger partial charge on any atom is -0.0271 e. The van der Waals surface area contributed by atoms with Gasteiger partial charge in [-0.1, -0.05) is 23.8 Å². The molecule has 0 fully saturated rings. The SMILES string of the molecule is Cc1ccc(C)c(P)c1. The highest BCUT2D eigenvalue weighted by Crippen LogP contribution is 2.01. The average molecular weight is 138 g/mol. The molecule has 1 atom stereocenters. The van der Waals surface area contributed by atoms with Crippen LogP contribution < -0.4 is 5.30 Å². The zero-order chi connectivity index (χ0) is 6.85. The Balaban J connectivity index is 3.17. The van der Waals surface area contributed by atoms with Crippen LogP contribution >= 0.6 is 9.24 Å². The Kier molecular flexibility index (Phi) is 1.87. The predicted octanol–water partition coefficient (Wildman–Crippen LogP) is 1.80. The van der Waals surface area contributed by atoms with Crippen molar-refractivity contribution in [3.63, 3.8) is 0 Å². The van der Waals surface area contributed by atoms with E-state index in [1.54, 1.807) is 0 Å². The second kappa shape index (κ2) is 2.49. The average Bonchev–Trinajstić information content (AvgIpc) is 1.80. The molecule has 48 valence electrons. The minimum absolute atomic E-state index is 1.30. The molecule has 0 N–H and O–H groups in total. The summed E-state index contributed by atoms with van der Waals surface area (Å²) in [4.78, 5) is 0. The van der Waals surface area contributed by atoms with Gasteiger partial charge in [-0.05, 0) is 24.7 Å². The molecule has 0 radical (unpaired) electrons. The van der Waals surface area contributed by atoms with Crippen LogP contribution in [0.3, 0.4) is 0 Å². The van der Waals surface area contributed by atoms with Gasteiger partial charge in [0, 0.05) is 0 Å². The van der Waals surface area contributed by atoms with Gasteiger partial charge < -0.3 is 0 Å². The van der Waals surface area contributed by atoms with Crippen LogP contribution in [0, 0.1) is 13.8 Å². The maximum atomic E-state index is 2.72. The molecule has 1 aromatic carbocycles. The largest absolute Gasteiger partial charge is 0.105 e. The van der Waals surface area contributed by atoms with Crippen molar-refractivity contribution in [2.45, 2.75) is 13.8 Å². The van der Waals surface area contributed by atoms with Crippen LogP contribution in [0.4, 0.5) is 0 Å². The molecule has 1 rings (SSSR count). The third-order valence-electron chi connectivity index (χ3n) is 1.43. The number of hydrogen-bond donors (Lipinski definition) is 0. The van der Waals surface area contributed by atoms with Gasteiger partial charge in [-0.2, -0.15) is 0 Å². The quantitative estimate of drug-likeness (QED) is 0.479. The molecule has 1 heteroatoms. The summed E-state index contributed by atoms with van der Waals surface area (Å²) in [5, 5.41) is 1.30. The van der Waals surface area contributed by atoms with Crippen molar-refractivity contribution in [3.8, 4) is 0 Å². The molecule has 0 amide bonds. The first-order valence-corrected chi connectivity index (χ1v) is 3.60. The second-order valence-electron chi connectivity index (χ2n) is 2.36. The van der Waals surface area contributed by atoms with Crippen LogP contribution in [-0.2, 0) is 0 Å². The normalized spacial score (nSPS) is 9.67. The zero-order valence-electron chi connectivity index (χ0n) is 5.81. The summed E-state index contributed by atoms with van der Waals surface area (Å²) in [5.74, 6) is 0. The molecule has 0 nitrogen and oxygen atoms in total. The van der Waals surface area contributed by atoms with E-state index in [1.807, 2.05) is 0 Å². The lowest BCUT2D eigenvalue weighted by atomic mass is 10.2. The van der Waals surface area contributed by atoms with E-state index >= 15 is 0 Å². The molecule has 1 unspecified atom stereocenters. The maximum absolute atomic E-state index is 2.72. The number of hydrogen-bond acceptors (Lipinski definition) is 0. The van der Waals surface area contributed by atoms with E-state index in [9.17, 15) is 0 Å². The third kappa shape index (κ3) is 1.53. The third-order valence-corrected chi connectivity index (χ3v) is 2.06. The van der Waals surface area contributed by atoms with Gasteiger partial charge in [0.1, 0.15) is 0 Å². The van der Waals surface area contributed by atoms with Crippen LogP contribution in [0.25, 0.3) is 0 Å². The van der Waals surface area contributed by atoms with E-state index in [2.05, 4.69) is 41.3 Å². The minimum atomic E-state index is 1.30. The first-order valence-electron chi connectivity index (χ1n) is 3.03. The van der Waals surface area contributed by atoms with Gasteiger partial charge in [0.25, 0.3) is 0 Å². The fraction of sp³-hybridized carbons (Fsp3) is 0.250. The van der Waals surface area contributed by atoms with Crippen LogP contribution in [0.5, 0.6) is 0 Å². The van der Waals surface area contributed by atoms with E-state index in [0.717, 1.165) is 0 Å². The van der Waals surface area contributed by atoms with Crippen LogP contribution in [0.1, 0.15) is 11.1 Å². The highest BCUT2D eigenvalue weighted by molar-refractivity contribution is 7.27. The zero-order valence-corrected chi connectivity index (χ0v) is 6.96. The van der Waals surface area contributed by atoms with E-state index in [0.29, 0.717) is 0 Å². The van der Waals surface area contributed by atoms with E-state index in [1.165, 1.54) is 16.4 Å². The molecule has 0 aliphatic heterocycles. The minimum Gasteiger partial charge on any atom is -0.105 e. The summed E-state index contributed by atoms with van der Waals surface area (Å²) in [6.45, 7) is 4.22. The highest BCUT2D eigenvalue weighted by atomic mass is 31.0. The Bertz CT molecular complexity index is 216. The van der Waals surface area contributed by atoms with Crippen LogP contribution in [0.15, 0.2) is 18.2 Å². The summed E-state index contributed by atoms with van der Waals surface area (Å²) in [7, 11) is 2.72. The van der Waals surface area contributed by atoms with E-state index < -0.39 is 0 Å². The van der Waals surface area contributed by atoms with Crippen molar-refractivity contribution in [1.82, 2.24) is 0 Å². The van der Waals surface area contributed by atoms with E-state index in [-0.39, 0.29) is 0 Å². The summed E-state index contributed by atoms with van der Waals surface area (Å²) >= 11 is 0. The smallest absolute Gasteiger partial charge is 0.0271 e. The van der Waals surface area contributed by atoms with Crippen LogP contribution in [0.2, 0.25) is 0 Å². The first kappa shape index (κ1) is 6.77. The predicted molar refractivity (Wildman–Crippen MR) is 45.3 cm³/mol. The topological polar surface area (TPSA) is 0 Å². The van der Waals surface area contributed by atoms with Crippen molar-refractivity contribution in [2.24, 2.45) is 0 Å². The van der Waals surface area contributed by atoms with Gasteiger partial charge in [-0.3, -0.25) is 0 Å². The Hall–Kier alpha value is -0.350. The number of benzene rings is 1. The van der Waals surface area contributed by atoms with Crippen molar-refractivity contribution < 1.29 is 0 Å². The Morgan fingerprint density at radius 2 is 1.89 bits per heavy atom. The monoisotopic (exact) mass is 138 g/mol. The first-order chi connectivity index (χ1) is 4.20. The van der Waals surface area contributed by atoms with Gasteiger partial charge in [-0.25, -0.2) is 0 Å². The van der Waals surface area contributed by atoms with Crippen molar-refractivity contribution >= 4 is 14.5 Å². The summed E-state index contributed by atoms with van der Waals surface area (Å²) in [5.41, 5.74) is 2.66. The molecule has 0 bridgehead atoms. The highest BCUT2D eigenvalue weighted by Gasteiger charge is 1.89. The Labute approximate surface area is 58.5 Å². The molecule has 1 aromatic rings. The Morgan fingerprint density at radius 3 is 2.33 bits per heavy atom. The summed E-state index contributed by atoms with van der Waals surface area (Å²) < 4.78 is 0. The molecular formula is C8H11P. The lowest BCUT2D eigenvalue weighted by Gasteiger charge is -1.98. The molecular weight excluding hydrogens is 127 g/mol. The number of rotatable bonds is 0. The van der Waals surface area contributed by atoms with Gasteiger partial charge >= 0.3 is 0 Å². The van der Waals surface area contributed by atoms with Crippen LogP contribution in [-0.4, -0.2) is 0 Å². The molecule has 0 aliphatic carbocycles. The Morgan fingerprint density at radius 1 is 1.22 bits per heavy atom. The molecule has 0 aromatic heterocycles. The summed E-state index contributed by atoms with van der Waals surface area (Å²) in [6, 6.07) is 6.43. The summed E-state index contributed by atoms with van der Waals surface area (Å²) in [6.07, 6.45) is 0. The molecule has 0 aliphatic rings. The molecule has 0 saturated carbocycles. The van der Waals surface area contributed by atoms with Gasteiger partial charge in [0.2, 0.25) is 0 Å². The van der Waals surface area contributed by atoms with Gasteiger partial charge in [0.15, 0.2) is 0 Å². The molecule has 0 spiro atoms. The standard InChI is InChI=1S/C8H11P/c1-6-3-4-7(2)8(9)5-6/h3-5H,9H2,1-2H3. The molecule has 0 saturated heterocycles. The van der Waals surface area contributed by atoms with Crippen molar-refractivity contribution in [1.29, 1.82) is 0 Å². The van der Waals surface area contributed by atoms with Gasteiger partial charge in [0.05, 0.1) is 0 Å². The fourth-order valence-corrected chi connectivity index (χ4v) is 1.12. The number of aryl methyl sites for hydroxylation is 2. The molecule has 9 heavy (non-hydrogen) atoms. The van der Waals surface area contributed by atoms with Crippen molar-refractivity contribution in [3.05, 3.63) is 29.3 Å². The lowest BCUT2D eigenvalue weighted by Crippen LogP contribution is -1.95. The van der Waals surface area contributed by atoms with Gasteiger partial charge in [-0.15, -0.1) is 9.24 Å². The molecule has 0 heterocycles. The second-order valence-corrected chi connectivity index (χ2v) is 2.98. The lowest BCUT2D eigenvalue weighted by molar-refractivity contribution is 1.43.